The van der Waals surface area contributed by atoms with Gasteiger partial charge >= 0.3 is 0 Å². The summed E-state index contributed by atoms with van der Waals surface area (Å²) >= 11 is 5.78. The van der Waals surface area contributed by atoms with E-state index in [0.717, 1.165) is 18.5 Å². The first-order valence-electron chi connectivity index (χ1n) is 5.78. The molecule has 0 atom stereocenters. The number of benzene rings is 1. The van der Waals surface area contributed by atoms with Gasteiger partial charge in [-0.15, -0.1) is 0 Å². The summed E-state index contributed by atoms with van der Waals surface area (Å²) in [7, 11) is 0. The minimum atomic E-state index is 0.183. The molecule has 1 aromatic rings. The lowest BCUT2D eigenvalue weighted by Gasteiger charge is -2.05. The van der Waals surface area contributed by atoms with Crippen molar-refractivity contribution < 1.29 is 0 Å². The molecule has 0 amide bonds. The van der Waals surface area contributed by atoms with Crippen LogP contribution in [0.5, 0.6) is 0 Å². The van der Waals surface area contributed by atoms with Gasteiger partial charge in [0.1, 0.15) is 0 Å². The van der Waals surface area contributed by atoms with Crippen LogP contribution < -0.4 is 16.8 Å². The summed E-state index contributed by atoms with van der Waals surface area (Å²) in [6.07, 6.45) is 2.06. The van der Waals surface area contributed by atoms with E-state index in [9.17, 15) is 0 Å². The number of nitrogens with one attached hydrogen (secondary N) is 1. The molecule has 6 heteroatoms. The second-order valence-corrected chi connectivity index (χ2v) is 4.16. The molecule has 0 unspecified atom stereocenters. The SMILES string of the molecule is CCCCN=C(N)/N=C(\N)Nc1ccc(Cl)cc1. The molecule has 0 saturated heterocycles. The second-order valence-electron chi connectivity index (χ2n) is 3.72. The molecule has 0 spiro atoms. The summed E-state index contributed by atoms with van der Waals surface area (Å²) in [4.78, 5) is 8.02. The first kappa shape index (κ1) is 14.3. The number of rotatable bonds is 4. The Bertz CT molecular complexity index is 425. The van der Waals surface area contributed by atoms with Gasteiger partial charge in [0.15, 0.2) is 0 Å². The summed E-state index contributed by atoms with van der Waals surface area (Å²) in [6.45, 7) is 2.76. The molecule has 1 aromatic carbocycles. The van der Waals surface area contributed by atoms with Gasteiger partial charge in [-0.1, -0.05) is 24.9 Å². The van der Waals surface area contributed by atoms with E-state index < -0.39 is 0 Å². The van der Waals surface area contributed by atoms with Crippen molar-refractivity contribution in [3.05, 3.63) is 29.3 Å². The van der Waals surface area contributed by atoms with E-state index in [-0.39, 0.29) is 11.9 Å². The highest BCUT2D eigenvalue weighted by molar-refractivity contribution is 6.30. The molecule has 0 aliphatic heterocycles. The summed E-state index contributed by atoms with van der Waals surface area (Å²) in [6, 6.07) is 7.12. The maximum Gasteiger partial charge on any atom is 0.218 e. The molecule has 98 valence electrons. The Morgan fingerprint density at radius 3 is 2.56 bits per heavy atom. The van der Waals surface area contributed by atoms with Crippen LogP contribution in [0.4, 0.5) is 5.69 Å². The van der Waals surface area contributed by atoms with Gasteiger partial charge in [0, 0.05) is 17.3 Å². The number of halogens is 1. The Hall–Kier alpha value is -1.75. The Balaban J connectivity index is 2.56. The first-order valence-corrected chi connectivity index (χ1v) is 6.16. The topological polar surface area (TPSA) is 88.8 Å². The number of nitrogens with two attached hydrogens (primary N) is 2. The second kappa shape index (κ2) is 7.55. The van der Waals surface area contributed by atoms with Gasteiger partial charge in [-0.25, -0.2) is 0 Å². The van der Waals surface area contributed by atoms with Crippen LogP contribution in [0.1, 0.15) is 19.8 Å². The van der Waals surface area contributed by atoms with E-state index in [2.05, 4.69) is 22.2 Å². The quantitative estimate of drug-likeness (QED) is 0.444. The number of aliphatic imine (C=N–C) groups is 2. The molecule has 5 nitrogen and oxygen atoms in total. The molecule has 0 aliphatic rings. The van der Waals surface area contributed by atoms with Crippen LogP contribution in [-0.2, 0) is 0 Å². The Morgan fingerprint density at radius 1 is 1.28 bits per heavy atom. The minimum Gasteiger partial charge on any atom is -0.369 e. The fourth-order valence-electron chi connectivity index (χ4n) is 1.22. The Labute approximate surface area is 112 Å². The zero-order chi connectivity index (χ0) is 13.4. The molecular formula is C12H18ClN5. The van der Waals surface area contributed by atoms with Crippen LogP contribution in [0.2, 0.25) is 5.02 Å². The third-order valence-corrected chi connectivity index (χ3v) is 2.39. The van der Waals surface area contributed by atoms with Crippen LogP contribution in [-0.4, -0.2) is 18.5 Å². The zero-order valence-electron chi connectivity index (χ0n) is 10.4. The molecule has 0 aromatic heterocycles. The lowest BCUT2D eigenvalue weighted by molar-refractivity contribution is 0.806. The van der Waals surface area contributed by atoms with Crippen molar-refractivity contribution in [1.82, 2.24) is 0 Å². The fraction of sp³-hybridized carbons (Fsp3) is 0.333. The van der Waals surface area contributed by atoms with Crippen molar-refractivity contribution in [3.63, 3.8) is 0 Å². The van der Waals surface area contributed by atoms with Gasteiger partial charge in [-0.3, -0.25) is 4.99 Å². The molecule has 18 heavy (non-hydrogen) atoms. The van der Waals surface area contributed by atoms with Gasteiger partial charge in [0.25, 0.3) is 0 Å². The number of anilines is 1. The van der Waals surface area contributed by atoms with Crippen LogP contribution in [0.25, 0.3) is 0 Å². The molecule has 0 heterocycles. The van der Waals surface area contributed by atoms with E-state index >= 15 is 0 Å². The van der Waals surface area contributed by atoms with Crippen LogP contribution in [0, 0.1) is 0 Å². The number of unbranched alkanes of at least 4 members (excludes halogenated alkanes) is 1. The Morgan fingerprint density at radius 2 is 1.94 bits per heavy atom. The molecular weight excluding hydrogens is 250 g/mol. The largest absolute Gasteiger partial charge is 0.369 e. The van der Waals surface area contributed by atoms with Crippen molar-refractivity contribution >= 4 is 29.2 Å². The van der Waals surface area contributed by atoms with Crippen molar-refractivity contribution in [1.29, 1.82) is 0 Å². The number of guanidine groups is 2. The normalized spacial score (nSPS) is 12.6. The van der Waals surface area contributed by atoms with Gasteiger partial charge in [-0.05, 0) is 30.7 Å². The lowest BCUT2D eigenvalue weighted by Crippen LogP contribution is -2.26. The maximum absolute atomic E-state index is 5.78. The summed E-state index contributed by atoms with van der Waals surface area (Å²) < 4.78 is 0. The van der Waals surface area contributed by atoms with Gasteiger partial charge in [-0.2, -0.15) is 4.99 Å². The number of nitrogens with zero attached hydrogens (tertiary/aromatic N) is 2. The predicted octanol–water partition coefficient (Wildman–Crippen LogP) is 2.18. The highest BCUT2D eigenvalue weighted by Gasteiger charge is 1.96. The van der Waals surface area contributed by atoms with Crippen molar-refractivity contribution in [2.24, 2.45) is 21.5 Å². The Kier molecular flexibility index (Phi) is 6.00. The van der Waals surface area contributed by atoms with Gasteiger partial charge in [0.05, 0.1) is 0 Å². The van der Waals surface area contributed by atoms with Crippen LogP contribution in [0.15, 0.2) is 34.3 Å². The summed E-state index contributed by atoms with van der Waals surface area (Å²) in [5.41, 5.74) is 12.1. The predicted molar refractivity (Wildman–Crippen MR) is 78.1 cm³/mol. The standard InChI is InChI=1S/C12H18ClN5/c1-2-3-8-16-11(14)18-12(15)17-10-6-4-9(13)5-7-10/h4-7H,2-3,8H2,1H3,(H5,14,15,16,17,18). The summed E-state index contributed by atoms with van der Waals surface area (Å²) in [5.74, 6) is 0.387. The molecule has 0 fully saturated rings. The lowest BCUT2D eigenvalue weighted by atomic mass is 10.3. The van der Waals surface area contributed by atoms with E-state index in [1.807, 2.05) is 0 Å². The van der Waals surface area contributed by atoms with Gasteiger partial charge < -0.3 is 16.8 Å². The highest BCUT2D eigenvalue weighted by Crippen LogP contribution is 2.12. The van der Waals surface area contributed by atoms with E-state index in [1.54, 1.807) is 24.3 Å². The monoisotopic (exact) mass is 267 g/mol. The third kappa shape index (κ3) is 5.54. The van der Waals surface area contributed by atoms with Crippen LogP contribution >= 0.6 is 11.6 Å². The van der Waals surface area contributed by atoms with E-state index in [1.165, 1.54) is 0 Å². The molecule has 0 aliphatic carbocycles. The number of hydrogen-bond acceptors (Lipinski definition) is 1. The molecule has 0 bridgehead atoms. The molecule has 1 rings (SSSR count). The average Bonchev–Trinajstić information content (AvgIpc) is 2.32. The van der Waals surface area contributed by atoms with E-state index in [0.29, 0.717) is 11.6 Å². The molecule has 0 saturated carbocycles. The van der Waals surface area contributed by atoms with Gasteiger partial charge in [0.2, 0.25) is 11.9 Å². The maximum atomic E-state index is 5.78. The van der Waals surface area contributed by atoms with Crippen molar-refractivity contribution in [2.45, 2.75) is 19.8 Å². The highest BCUT2D eigenvalue weighted by atomic mass is 35.5. The molecule has 5 N–H and O–H groups in total. The minimum absolute atomic E-state index is 0.183. The average molecular weight is 268 g/mol. The molecule has 0 radical (unpaired) electrons. The van der Waals surface area contributed by atoms with E-state index in [4.69, 9.17) is 23.1 Å². The third-order valence-electron chi connectivity index (χ3n) is 2.14. The summed E-state index contributed by atoms with van der Waals surface area (Å²) in [5, 5.41) is 3.56. The zero-order valence-corrected chi connectivity index (χ0v) is 11.1. The smallest absolute Gasteiger partial charge is 0.218 e. The van der Waals surface area contributed by atoms with Crippen molar-refractivity contribution in [2.75, 3.05) is 11.9 Å². The number of hydrogen-bond donors (Lipinski definition) is 3. The van der Waals surface area contributed by atoms with Crippen LogP contribution in [0.3, 0.4) is 0 Å². The fourth-order valence-corrected chi connectivity index (χ4v) is 1.35. The van der Waals surface area contributed by atoms with Crippen molar-refractivity contribution in [3.8, 4) is 0 Å². The first-order chi connectivity index (χ1) is 8.61.